The van der Waals surface area contributed by atoms with E-state index < -0.39 is 0 Å². The Hall–Kier alpha value is -2.02. The van der Waals surface area contributed by atoms with E-state index in [1.807, 2.05) is 6.92 Å². The Morgan fingerprint density at radius 1 is 1.62 bits per heavy atom. The third-order valence-electron chi connectivity index (χ3n) is 2.19. The molecular formula is C12H14N2O2. The summed E-state index contributed by atoms with van der Waals surface area (Å²) < 4.78 is 5.07. The van der Waals surface area contributed by atoms with Crippen LogP contribution >= 0.6 is 0 Å². The second kappa shape index (κ2) is 5.76. The molecule has 0 fully saturated rings. The van der Waals surface area contributed by atoms with Gasteiger partial charge in [0.2, 0.25) is 0 Å². The maximum Gasteiger partial charge on any atom is 0.153 e. The first kappa shape index (κ1) is 12.1. The van der Waals surface area contributed by atoms with Gasteiger partial charge in [-0.3, -0.25) is 4.79 Å². The van der Waals surface area contributed by atoms with Gasteiger partial charge in [-0.1, -0.05) is 0 Å². The van der Waals surface area contributed by atoms with Gasteiger partial charge in [-0.25, -0.2) is 0 Å². The van der Waals surface area contributed by atoms with Gasteiger partial charge in [0.1, 0.15) is 5.75 Å². The average Bonchev–Trinajstić information content (AvgIpc) is 2.35. The Bertz CT molecular complexity index is 410. The molecule has 0 aliphatic heterocycles. The lowest BCUT2D eigenvalue weighted by atomic mass is 10.1. The van der Waals surface area contributed by atoms with Crippen LogP contribution in [0, 0.1) is 17.2 Å². The molecule has 1 atom stereocenters. The van der Waals surface area contributed by atoms with E-state index in [1.54, 1.807) is 18.2 Å². The number of hydrogen-bond acceptors (Lipinski definition) is 4. The minimum Gasteiger partial charge on any atom is -0.496 e. The van der Waals surface area contributed by atoms with Crippen LogP contribution in [0.1, 0.15) is 17.3 Å². The molecule has 16 heavy (non-hydrogen) atoms. The highest BCUT2D eigenvalue weighted by Crippen LogP contribution is 2.21. The normalized spacial score (nSPS) is 11.3. The van der Waals surface area contributed by atoms with Gasteiger partial charge in [-0.15, -0.1) is 0 Å². The Morgan fingerprint density at radius 2 is 2.38 bits per heavy atom. The van der Waals surface area contributed by atoms with Crippen molar-refractivity contribution in [3.63, 3.8) is 0 Å². The van der Waals surface area contributed by atoms with Gasteiger partial charge in [0.25, 0.3) is 0 Å². The van der Waals surface area contributed by atoms with E-state index in [9.17, 15) is 4.79 Å². The van der Waals surface area contributed by atoms with Gasteiger partial charge in [0, 0.05) is 18.3 Å². The maximum absolute atomic E-state index is 10.7. The number of nitrogens with one attached hydrogen (secondary N) is 1. The van der Waals surface area contributed by atoms with Crippen molar-refractivity contribution in [2.24, 2.45) is 5.92 Å². The summed E-state index contributed by atoms with van der Waals surface area (Å²) in [6, 6.07) is 7.35. The van der Waals surface area contributed by atoms with Gasteiger partial charge >= 0.3 is 0 Å². The van der Waals surface area contributed by atoms with Crippen LogP contribution in [0.3, 0.4) is 0 Å². The van der Waals surface area contributed by atoms with Crippen molar-refractivity contribution < 1.29 is 9.53 Å². The molecule has 0 heterocycles. The van der Waals surface area contributed by atoms with Crippen molar-refractivity contribution >= 4 is 12.0 Å². The number of aldehydes is 1. The quantitative estimate of drug-likeness (QED) is 0.768. The van der Waals surface area contributed by atoms with Gasteiger partial charge < -0.3 is 10.1 Å². The van der Waals surface area contributed by atoms with E-state index in [-0.39, 0.29) is 5.92 Å². The summed E-state index contributed by atoms with van der Waals surface area (Å²) in [5.41, 5.74) is 1.35. The van der Waals surface area contributed by atoms with Crippen LogP contribution in [0.25, 0.3) is 0 Å². The second-order valence-electron chi connectivity index (χ2n) is 3.49. The third kappa shape index (κ3) is 2.99. The van der Waals surface area contributed by atoms with Crippen molar-refractivity contribution in [1.29, 1.82) is 5.26 Å². The average molecular weight is 218 g/mol. The molecule has 1 aromatic rings. The molecule has 0 aliphatic rings. The molecule has 0 saturated heterocycles. The molecule has 1 rings (SSSR count). The topological polar surface area (TPSA) is 62.1 Å². The van der Waals surface area contributed by atoms with Crippen LogP contribution in [-0.2, 0) is 0 Å². The number of nitrogens with zero attached hydrogens (tertiary/aromatic N) is 1. The van der Waals surface area contributed by atoms with Crippen molar-refractivity contribution in [3.8, 4) is 11.8 Å². The molecule has 0 amide bonds. The van der Waals surface area contributed by atoms with Gasteiger partial charge in [0.15, 0.2) is 6.29 Å². The summed E-state index contributed by atoms with van der Waals surface area (Å²) in [5.74, 6) is 0.473. The predicted molar refractivity (Wildman–Crippen MR) is 61.6 cm³/mol. The molecule has 1 unspecified atom stereocenters. The zero-order valence-corrected chi connectivity index (χ0v) is 9.36. The number of benzene rings is 1. The van der Waals surface area contributed by atoms with Gasteiger partial charge in [-0.2, -0.15) is 5.26 Å². The van der Waals surface area contributed by atoms with Crippen LogP contribution in [0.2, 0.25) is 0 Å². The van der Waals surface area contributed by atoms with Crippen molar-refractivity contribution in [2.75, 3.05) is 19.0 Å². The number of anilines is 1. The SMILES string of the molecule is COc1cc(NCC(C)C#N)ccc1C=O. The van der Waals surface area contributed by atoms with Crippen LogP contribution < -0.4 is 10.1 Å². The lowest BCUT2D eigenvalue weighted by Gasteiger charge is -2.10. The largest absolute Gasteiger partial charge is 0.496 e. The monoisotopic (exact) mass is 218 g/mol. The minimum atomic E-state index is -0.0586. The first-order valence-corrected chi connectivity index (χ1v) is 4.98. The van der Waals surface area contributed by atoms with E-state index in [0.29, 0.717) is 17.9 Å². The highest BCUT2D eigenvalue weighted by molar-refractivity contribution is 5.80. The standard InChI is InChI=1S/C12H14N2O2/c1-9(6-13)7-14-11-4-3-10(8-15)12(5-11)16-2/h3-5,8-9,14H,7H2,1-2H3. The lowest BCUT2D eigenvalue weighted by Crippen LogP contribution is -2.09. The van der Waals surface area contributed by atoms with Crippen molar-refractivity contribution in [2.45, 2.75) is 6.92 Å². The van der Waals surface area contributed by atoms with Crippen LogP contribution in [0.15, 0.2) is 18.2 Å². The first-order chi connectivity index (χ1) is 7.71. The Balaban J connectivity index is 2.76. The molecule has 4 heteroatoms. The van der Waals surface area contributed by atoms with Crippen LogP contribution in [-0.4, -0.2) is 19.9 Å². The number of carbonyl (C=O) groups excluding carboxylic acids is 1. The number of hydrogen-bond donors (Lipinski definition) is 1. The summed E-state index contributed by atoms with van der Waals surface area (Å²) >= 11 is 0. The zero-order chi connectivity index (χ0) is 12.0. The summed E-state index contributed by atoms with van der Waals surface area (Å²) in [7, 11) is 1.52. The zero-order valence-electron chi connectivity index (χ0n) is 9.36. The smallest absolute Gasteiger partial charge is 0.153 e. The van der Waals surface area contributed by atoms with E-state index in [1.165, 1.54) is 7.11 Å². The summed E-state index contributed by atoms with van der Waals surface area (Å²) in [6.07, 6.45) is 0.751. The summed E-state index contributed by atoms with van der Waals surface area (Å²) in [6.45, 7) is 2.41. The second-order valence-corrected chi connectivity index (χ2v) is 3.49. The highest BCUT2D eigenvalue weighted by atomic mass is 16.5. The Morgan fingerprint density at radius 3 is 2.94 bits per heavy atom. The lowest BCUT2D eigenvalue weighted by molar-refractivity contribution is 0.112. The molecular weight excluding hydrogens is 204 g/mol. The summed E-state index contributed by atoms with van der Waals surface area (Å²) in [5, 5.41) is 11.7. The maximum atomic E-state index is 10.7. The number of carbonyl (C=O) groups is 1. The molecule has 0 saturated carbocycles. The first-order valence-electron chi connectivity index (χ1n) is 4.98. The Kier molecular flexibility index (Phi) is 4.34. The van der Waals surface area contributed by atoms with Crippen LogP contribution in [0.5, 0.6) is 5.75 Å². The minimum absolute atomic E-state index is 0.0586. The molecule has 0 aliphatic carbocycles. The fraction of sp³-hybridized carbons (Fsp3) is 0.333. The van der Waals surface area contributed by atoms with E-state index >= 15 is 0 Å². The van der Waals surface area contributed by atoms with E-state index in [0.717, 1.165) is 12.0 Å². The molecule has 1 aromatic carbocycles. The predicted octanol–water partition coefficient (Wildman–Crippen LogP) is 2.08. The molecule has 1 N–H and O–H groups in total. The highest BCUT2D eigenvalue weighted by Gasteiger charge is 2.04. The molecule has 0 aromatic heterocycles. The molecule has 0 bridgehead atoms. The molecule has 4 nitrogen and oxygen atoms in total. The van der Waals surface area contributed by atoms with Gasteiger partial charge in [-0.05, 0) is 19.1 Å². The van der Waals surface area contributed by atoms with E-state index in [2.05, 4.69) is 11.4 Å². The fourth-order valence-electron chi connectivity index (χ4n) is 1.24. The number of rotatable bonds is 5. The summed E-state index contributed by atoms with van der Waals surface area (Å²) in [4.78, 5) is 10.7. The Labute approximate surface area is 94.8 Å². The van der Waals surface area contributed by atoms with Crippen molar-refractivity contribution in [1.82, 2.24) is 0 Å². The molecule has 0 spiro atoms. The van der Waals surface area contributed by atoms with Crippen molar-refractivity contribution in [3.05, 3.63) is 23.8 Å². The van der Waals surface area contributed by atoms with Crippen LogP contribution in [0.4, 0.5) is 5.69 Å². The molecule has 0 radical (unpaired) electrons. The number of nitriles is 1. The number of ether oxygens (including phenoxy) is 1. The third-order valence-corrected chi connectivity index (χ3v) is 2.19. The van der Waals surface area contributed by atoms with E-state index in [4.69, 9.17) is 10.00 Å². The fourth-order valence-corrected chi connectivity index (χ4v) is 1.24. The number of methoxy groups -OCH3 is 1. The van der Waals surface area contributed by atoms with Gasteiger partial charge in [0.05, 0.1) is 24.7 Å². The molecule has 84 valence electrons.